The van der Waals surface area contributed by atoms with Gasteiger partial charge in [0.1, 0.15) is 11.5 Å². The van der Waals surface area contributed by atoms with Crippen LogP contribution in [0.25, 0.3) is 0 Å². The molecule has 0 radical (unpaired) electrons. The van der Waals surface area contributed by atoms with Gasteiger partial charge in [0.15, 0.2) is 9.84 Å². The molecule has 0 aliphatic carbocycles. The monoisotopic (exact) mass is 254 g/mol. The Bertz CT molecular complexity index is 510. The number of amidine groups is 1. The van der Waals surface area contributed by atoms with Crippen molar-refractivity contribution in [2.45, 2.75) is 0 Å². The number of nitrogen functional groups attached to an aromatic ring is 1. The summed E-state index contributed by atoms with van der Waals surface area (Å²) in [4.78, 5) is 6.02. The van der Waals surface area contributed by atoms with Gasteiger partial charge in [0.25, 0.3) is 0 Å². The fraction of sp³-hybridized carbons (Fsp3) is 0.400. The predicted octanol–water partition coefficient (Wildman–Crippen LogP) is -0.400. The maximum atomic E-state index is 11.3. The zero-order chi connectivity index (χ0) is 12.5. The third kappa shape index (κ3) is 2.73. The van der Waals surface area contributed by atoms with Crippen molar-refractivity contribution in [1.82, 2.24) is 4.98 Å². The summed E-state index contributed by atoms with van der Waals surface area (Å²) >= 11 is 0. The van der Waals surface area contributed by atoms with E-state index in [1.807, 2.05) is 11.0 Å². The van der Waals surface area contributed by atoms with Crippen LogP contribution in [-0.4, -0.2) is 43.8 Å². The number of hydrogen-bond donors (Lipinski definition) is 2. The highest BCUT2D eigenvalue weighted by molar-refractivity contribution is 7.91. The number of nitrogens with two attached hydrogens (primary N) is 1. The minimum Gasteiger partial charge on any atom is -0.382 e. The second-order valence-electron chi connectivity index (χ2n) is 3.95. The van der Waals surface area contributed by atoms with Gasteiger partial charge in [0.2, 0.25) is 0 Å². The van der Waals surface area contributed by atoms with Crippen molar-refractivity contribution in [3.63, 3.8) is 0 Å². The molecule has 0 atom stereocenters. The van der Waals surface area contributed by atoms with Gasteiger partial charge in [-0.25, -0.2) is 8.42 Å². The van der Waals surface area contributed by atoms with E-state index in [9.17, 15) is 8.42 Å². The predicted molar refractivity (Wildman–Crippen MR) is 66.1 cm³/mol. The highest BCUT2D eigenvalue weighted by atomic mass is 32.2. The van der Waals surface area contributed by atoms with Gasteiger partial charge in [0, 0.05) is 13.1 Å². The molecule has 1 aliphatic heterocycles. The smallest absolute Gasteiger partial charge is 0.153 e. The van der Waals surface area contributed by atoms with Crippen LogP contribution in [0.2, 0.25) is 0 Å². The largest absolute Gasteiger partial charge is 0.382 e. The maximum absolute atomic E-state index is 11.3. The Hall–Kier alpha value is -1.63. The lowest BCUT2D eigenvalue weighted by atomic mass is 10.3. The van der Waals surface area contributed by atoms with E-state index in [-0.39, 0.29) is 17.3 Å². The molecule has 17 heavy (non-hydrogen) atoms. The molecule has 0 spiro atoms. The van der Waals surface area contributed by atoms with Gasteiger partial charge in [-0.05, 0) is 12.1 Å². The first-order chi connectivity index (χ1) is 7.98. The summed E-state index contributed by atoms with van der Waals surface area (Å²) in [7, 11) is -2.86. The average molecular weight is 254 g/mol. The number of sulfone groups is 1. The summed E-state index contributed by atoms with van der Waals surface area (Å²) in [5, 5.41) is 7.22. The molecule has 2 rings (SSSR count). The van der Waals surface area contributed by atoms with Crippen molar-refractivity contribution in [2.24, 2.45) is 5.73 Å². The third-order valence-electron chi connectivity index (χ3n) is 2.73. The molecule has 6 nitrogen and oxygen atoms in total. The van der Waals surface area contributed by atoms with Crippen LogP contribution in [0.5, 0.6) is 0 Å². The minimum absolute atomic E-state index is 0.0715. The van der Waals surface area contributed by atoms with E-state index in [0.29, 0.717) is 18.8 Å². The Morgan fingerprint density at radius 1 is 1.35 bits per heavy atom. The van der Waals surface area contributed by atoms with Crippen LogP contribution >= 0.6 is 0 Å². The van der Waals surface area contributed by atoms with Crippen LogP contribution in [-0.2, 0) is 9.84 Å². The summed E-state index contributed by atoms with van der Waals surface area (Å²) in [6.07, 6.45) is 1.62. The molecule has 0 saturated carbocycles. The van der Waals surface area contributed by atoms with E-state index in [1.165, 1.54) is 0 Å². The van der Waals surface area contributed by atoms with E-state index >= 15 is 0 Å². The van der Waals surface area contributed by atoms with Gasteiger partial charge < -0.3 is 10.6 Å². The molecule has 7 heteroatoms. The SMILES string of the molecule is N=C(N)c1ccc(N2CCS(=O)(=O)CC2)cn1. The molecule has 1 fully saturated rings. The van der Waals surface area contributed by atoms with Crippen LogP contribution in [0.1, 0.15) is 5.69 Å². The molecule has 1 saturated heterocycles. The average Bonchev–Trinajstić information content (AvgIpc) is 2.29. The Kier molecular flexibility index (Phi) is 3.01. The molecule has 3 N–H and O–H groups in total. The standard InChI is InChI=1S/C10H14N4O2S/c11-10(12)9-2-1-8(7-13-9)14-3-5-17(15,16)6-4-14/h1-2,7H,3-6H2,(H3,11,12). The van der Waals surface area contributed by atoms with Crippen molar-refractivity contribution in [2.75, 3.05) is 29.5 Å². The molecule has 0 aromatic carbocycles. The lowest BCUT2D eigenvalue weighted by Crippen LogP contribution is -2.40. The molecular formula is C10H14N4O2S. The summed E-state index contributed by atoms with van der Waals surface area (Å²) in [5.41, 5.74) is 6.60. The lowest BCUT2D eigenvalue weighted by molar-refractivity contribution is 0.586. The van der Waals surface area contributed by atoms with Crippen molar-refractivity contribution in [1.29, 1.82) is 5.41 Å². The van der Waals surface area contributed by atoms with E-state index in [4.69, 9.17) is 11.1 Å². The van der Waals surface area contributed by atoms with Gasteiger partial charge in [-0.15, -0.1) is 0 Å². The molecule has 1 aliphatic rings. The van der Waals surface area contributed by atoms with Crippen molar-refractivity contribution < 1.29 is 8.42 Å². The highest BCUT2D eigenvalue weighted by Crippen LogP contribution is 2.16. The van der Waals surface area contributed by atoms with E-state index in [0.717, 1.165) is 5.69 Å². The number of aromatic nitrogens is 1. The Morgan fingerprint density at radius 3 is 2.47 bits per heavy atom. The minimum atomic E-state index is -2.86. The third-order valence-corrected chi connectivity index (χ3v) is 4.34. The second-order valence-corrected chi connectivity index (χ2v) is 6.26. The van der Waals surface area contributed by atoms with E-state index < -0.39 is 9.84 Å². The summed E-state index contributed by atoms with van der Waals surface area (Å²) in [6, 6.07) is 3.47. The molecule has 0 bridgehead atoms. The molecule has 0 unspecified atom stereocenters. The zero-order valence-electron chi connectivity index (χ0n) is 9.26. The van der Waals surface area contributed by atoms with Crippen molar-refractivity contribution >= 4 is 21.4 Å². The summed E-state index contributed by atoms with van der Waals surface area (Å²) in [6.45, 7) is 0.979. The van der Waals surface area contributed by atoms with Crippen molar-refractivity contribution in [3.8, 4) is 0 Å². The summed E-state index contributed by atoms with van der Waals surface area (Å²) in [5.74, 6) is 0.293. The zero-order valence-corrected chi connectivity index (χ0v) is 10.1. The Labute approximate surface area is 99.9 Å². The van der Waals surface area contributed by atoms with Crippen LogP contribution in [0, 0.1) is 5.41 Å². The first-order valence-corrected chi connectivity index (χ1v) is 7.06. The van der Waals surface area contributed by atoms with Gasteiger partial charge in [-0.3, -0.25) is 10.4 Å². The van der Waals surface area contributed by atoms with E-state index in [1.54, 1.807) is 12.3 Å². The normalized spacial score (nSPS) is 18.9. The molecule has 92 valence electrons. The summed E-state index contributed by atoms with van der Waals surface area (Å²) < 4.78 is 22.6. The maximum Gasteiger partial charge on any atom is 0.153 e. The van der Waals surface area contributed by atoms with Gasteiger partial charge in [-0.1, -0.05) is 0 Å². The molecule has 2 heterocycles. The number of nitrogens with one attached hydrogen (secondary N) is 1. The van der Waals surface area contributed by atoms with Gasteiger partial charge in [-0.2, -0.15) is 0 Å². The topological polar surface area (TPSA) is 100 Å². The van der Waals surface area contributed by atoms with Crippen molar-refractivity contribution in [3.05, 3.63) is 24.0 Å². The fourth-order valence-corrected chi connectivity index (χ4v) is 2.90. The van der Waals surface area contributed by atoms with Gasteiger partial charge >= 0.3 is 0 Å². The quantitative estimate of drug-likeness (QED) is 0.552. The van der Waals surface area contributed by atoms with Crippen LogP contribution in [0.3, 0.4) is 0 Å². The molecule has 1 aromatic rings. The Balaban J connectivity index is 2.11. The first kappa shape index (κ1) is 11.8. The Morgan fingerprint density at radius 2 is 2.00 bits per heavy atom. The van der Waals surface area contributed by atoms with Crippen LogP contribution in [0.4, 0.5) is 5.69 Å². The van der Waals surface area contributed by atoms with Crippen LogP contribution in [0.15, 0.2) is 18.3 Å². The van der Waals surface area contributed by atoms with Gasteiger partial charge in [0.05, 0.1) is 23.4 Å². The molecule has 1 aromatic heterocycles. The molecular weight excluding hydrogens is 240 g/mol. The van der Waals surface area contributed by atoms with Crippen LogP contribution < -0.4 is 10.6 Å². The fourth-order valence-electron chi connectivity index (χ4n) is 1.70. The second kappa shape index (κ2) is 4.33. The lowest BCUT2D eigenvalue weighted by Gasteiger charge is -2.28. The highest BCUT2D eigenvalue weighted by Gasteiger charge is 2.21. The number of pyridine rings is 1. The number of hydrogen-bond acceptors (Lipinski definition) is 5. The number of nitrogens with zero attached hydrogens (tertiary/aromatic N) is 2. The molecule has 0 amide bonds. The first-order valence-electron chi connectivity index (χ1n) is 5.24. The van der Waals surface area contributed by atoms with E-state index in [2.05, 4.69) is 4.98 Å². The number of anilines is 1. The number of rotatable bonds is 2.